The van der Waals surface area contributed by atoms with E-state index >= 15 is 0 Å². The molecule has 5 nitrogen and oxygen atoms in total. The fourth-order valence-electron chi connectivity index (χ4n) is 1.74. The van der Waals surface area contributed by atoms with Gasteiger partial charge >= 0.3 is 0 Å². The molecule has 0 saturated heterocycles. The average Bonchev–Trinajstić information content (AvgIpc) is 2.77. The molecule has 0 saturated carbocycles. The SMILES string of the molecule is CC(C)n1c(-c2ccc(Cl)c(F)c2)nnc1S(=O)(=O)Cl. The highest BCUT2D eigenvalue weighted by Crippen LogP contribution is 2.28. The lowest BCUT2D eigenvalue weighted by Crippen LogP contribution is -2.10. The van der Waals surface area contributed by atoms with Crippen LogP contribution in [0.5, 0.6) is 0 Å². The van der Waals surface area contributed by atoms with E-state index in [1.807, 2.05) is 0 Å². The van der Waals surface area contributed by atoms with Gasteiger partial charge in [0.2, 0.25) is 0 Å². The van der Waals surface area contributed by atoms with E-state index in [1.165, 1.54) is 16.7 Å². The molecule has 0 bridgehead atoms. The Bertz CT molecular complexity index is 759. The van der Waals surface area contributed by atoms with Gasteiger partial charge in [-0.15, -0.1) is 10.2 Å². The van der Waals surface area contributed by atoms with Crippen molar-refractivity contribution < 1.29 is 12.8 Å². The van der Waals surface area contributed by atoms with Gasteiger partial charge in [0.1, 0.15) is 5.82 Å². The van der Waals surface area contributed by atoms with Crippen LogP contribution in [0.3, 0.4) is 0 Å². The Morgan fingerprint density at radius 2 is 1.95 bits per heavy atom. The van der Waals surface area contributed by atoms with Crippen LogP contribution in [0.25, 0.3) is 11.4 Å². The summed E-state index contributed by atoms with van der Waals surface area (Å²) in [5, 5.41) is 6.95. The zero-order valence-corrected chi connectivity index (χ0v) is 12.8. The fraction of sp³-hybridized carbons (Fsp3) is 0.273. The Kier molecular flexibility index (Phi) is 4.04. The molecule has 1 aromatic heterocycles. The van der Waals surface area contributed by atoms with E-state index in [0.717, 1.165) is 6.07 Å². The van der Waals surface area contributed by atoms with Crippen LogP contribution in [0.15, 0.2) is 23.4 Å². The van der Waals surface area contributed by atoms with Crippen LogP contribution in [0.2, 0.25) is 5.02 Å². The van der Waals surface area contributed by atoms with Crippen LogP contribution in [0.1, 0.15) is 19.9 Å². The Balaban J connectivity index is 2.69. The number of nitrogens with zero attached hydrogens (tertiary/aromatic N) is 3. The van der Waals surface area contributed by atoms with Crippen LogP contribution < -0.4 is 0 Å². The van der Waals surface area contributed by atoms with Crippen molar-refractivity contribution in [2.75, 3.05) is 0 Å². The minimum absolute atomic E-state index is 0.0328. The summed E-state index contributed by atoms with van der Waals surface area (Å²) in [5.41, 5.74) is 0.361. The second-order valence-corrected chi connectivity index (χ2v) is 7.20. The van der Waals surface area contributed by atoms with Gasteiger partial charge in [0, 0.05) is 22.3 Å². The molecular weight excluding hydrogens is 328 g/mol. The Morgan fingerprint density at radius 1 is 1.30 bits per heavy atom. The summed E-state index contributed by atoms with van der Waals surface area (Å²) in [6, 6.07) is 3.78. The van der Waals surface area contributed by atoms with Crippen molar-refractivity contribution in [3.8, 4) is 11.4 Å². The Hall–Kier alpha value is -1.18. The molecule has 0 amide bonds. The molecule has 0 atom stereocenters. The summed E-state index contributed by atoms with van der Waals surface area (Å²) in [7, 11) is 1.28. The number of hydrogen-bond donors (Lipinski definition) is 0. The van der Waals surface area contributed by atoms with Crippen LogP contribution in [0.4, 0.5) is 4.39 Å². The summed E-state index contributed by atoms with van der Waals surface area (Å²) in [6.07, 6.45) is 0. The molecule has 0 unspecified atom stereocenters. The molecule has 0 spiro atoms. The van der Waals surface area contributed by atoms with Gasteiger partial charge in [0.05, 0.1) is 5.02 Å². The molecule has 0 N–H and O–H groups in total. The van der Waals surface area contributed by atoms with Crippen LogP contribution in [-0.2, 0) is 9.05 Å². The summed E-state index contributed by atoms with van der Waals surface area (Å²) in [5.74, 6) is -0.424. The smallest absolute Gasteiger partial charge is 0.294 e. The summed E-state index contributed by atoms with van der Waals surface area (Å²) in [4.78, 5) is 0. The molecule has 1 aromatic carbocycles. The average molecular weight is 338 g/mol. The van der Waals surface area contributed by atoms with Crippen LogP contribution in [0, 0.1) is 5.82 Å². The van der Waals surface area contributed by atoms with Crippen molar-refractivity contribution in [3.63, 3.8) is 0 Å². The van der Waals surface area contributed by atoms with Crippen molar-refractivity contribution in [1.29, 1.82) is 0 Å². The van der Waals surface area contributed by atoms with Crippen LogP contribution >= 0.6 is 22.3 Å². The van der Waals surface area contributed by atoms with E-state index in [1.54, 1.807) is 13.8 Å². The zero-order chi connectivity index (χ0) is 15.1. The maximum absolute atomic E-state index is 13.5. The molecule has 2 rings (SSSR count). The minimum atomic E-state index is -4.04. The first-order valence-corrected chi connectivity index (χ1v) is 8.25. The first kappa shape index (κ1) is 15.2. The van der Waals surface area contributed by atoms with Gasteiger partial charge in [-0.2, -0.15) is 0 Å². The van der Waals surface area contributed by atoms with Crippen LogP contribution in [-0.4, -0.2) is 23.2 Å². The molecule has 0 radical (unpaired) electrons. The highest BCUT2D eigenvalue weighted by Gasteiger charge is 2.25. The second-order valence-electron chi connectivity index (χ2n) is 4.34. The van der Waals surface area contributed by atoms with E-state index < -0.39 is 14.9 Å². The van der Waals surface area contributed by atoms with Gasteiger partial charge in [0.15, 0.2) is 5.82 Å². The lowest BCUT2D eigenvalue weighted by atomic mass is 10.2. The standard InChI is InChI=1S/C11H10Cl2FN3O2S/c1-6(2)17-10(15-16-11(17)20(13,18)19)7-3-4-8(12)9(14)5-7/h3-6H,1-2H3. The molecule has 0 aliphatic heterocycles. The topological polar surface area (TPSA) is 64.8 Å². The molecule has 0 aliphatic rings. The van der Waals surface area contributed by atoms with Gasteiger partial charge in [-0.25, -0.2) is 12.8 Å². The van der Waals surface area contributed by atoms with E-state index in [0.29, 0.717) is 5.56 Å². The Labute approximate surface area is 124 Å². The molecule has 108 valence electrons. The summed E-state index contributed by atoms with van der Waals surface area (Å²) >= 11 is 5.61. The van der Waals surface area contributed by atoms with Crippen molar-refractivity contribution in [2.45, 2.75) is 25.0 Å². The van der Waals surface area contributed by atoms with E-state index in [2.05, 4.69) is 10.2 Å². The largest absolute Gasteiger partial charge is 0.296 e. The molecule has 0 aliphatic carbocycles. The van der Waals surface area contributed by atoms with E-state index in [9.17, 15) is 12.8 Å². The van der Waals surface area contributed by atoms with Gasteiger partial charge in [-0.05, 0) is 32.0 Å². The van der Waals surface area contributed by atoms with Crippen molar-refractivity contribution in [3.05, 3.63) is 29.0 Å². The fourth-order valence-corrected chi connectivity index (χ4v) is 2.84. The maximum Gasteiger partial charge on any atom is 0.296 e. The predicted molar refractivity (Wildman–Crippen MR) is 73.8 cm³/mol. The number of halogens is 3. The second kappa shape index (κ2) is 5.31. The zero-order valence-electron chi connectivity index (χ0n) is 10.5. The lowest BCUT2D eigenvalue weighted by molar-refractivity contribution is 0.530. The summed E-state index contributed by atoms with van der Waals surface area (Å²) < 4.78 is 37.8. The van der Waals surface area contributed by atoms with Gasteiger partial charge in [-0.1, -0.05) is 11.6 Å². The molecule has 0 fully saturated rings. The third-order valence-electron chi connectivity index (χ3n) is 2.58. The monoisotopic (exact) mass is 337 g/mol. The van der Waals surface area contributed by atoms with Crippen molar-refractivity contribution in [2.24, 2.45) is 0 Å². The van der Waals surface area contributed by atoms with Gasteiger partial charge in [0.25, 0.3) is 14.2 Å². The Morgan fingerprint density at radius 3 is 2.45 bits per heavy atom. The highest BCUT2D eigenvalue weighted by atomic mass is 35.7. The highest BCUT2D eigenvalue weighted by molar-refractivity contribution is 8.13. The van der Waals surface area contributed by atoms with Gasteiger partial charge < -0.3 is 0 Å². The molecule has 20 heavy (non-hydrogen) atoms. The third-order valence-corrected chi connectivity index (χ3v) is 4.01. The third kappa shape index (κ3) is 2.79. The number of hydrogen-bond acceptors (Lipinski definition) is 4. The first-order chi connectivity index (χ1) is 9.21. The van der Waals surface area contributed by atoms with E-state index in [-0.39, 0.29) is 22.0 Å². The van der Waals surface area contributed by atoms with E-state index in [4.69, 9.17) is 22.3 Å². The molecule has 9 heteroatoms. The predicted octanol–water partition coefficient (Wildman–Crippen LogP) is 3.25. The molecule has 1 heterocycles. The first-order valence-electron chi connectivity index (χ1n) is 5.57. The normalized spacial score (nSPS) is 12.1. The number of rotatable bonds is 3. The molecular formula is C11H10Cl2FN3O2S. The quantitative estimate of drug-likeness (QED) is 0.806. The number of benzene rings is 1. The molecule has 2 aromatic rings. The number of aromatic nitrogens is 3. The lowest BCUT2D eigenvalue weighted by Gasteiger charge is -2.12. The van der Waals surface area contributed by atoms with Crippen molar-refractivity contribution in [1.82, 2.24) is 14.8 Å². The van der Waals surface area contributed by atoms with Gasteiger partial charge in [-0.3, -0.25) is 4.57 Å². The minimum Gasteiger partial charge on any atom is -0.294 e. The van der Waals surface area contributed by atoms with Crippen molar-refractivity contribution >= 4 is 31.3 Å². The maximum atomic E-state index is 13.5. The summed E-state index contributed by atoms with van der Waals surface area (Å²) in [6.45, 7) is 3.48.